The van der Waals surface area contributed by atoms with Gasteiger partial charge in [-0.1, -0.05) is 0 Å². The van der Waals surface area contributed by atoms with E-state index < -0.39 is 12.1 Å². The Kier molecular flexibility index (Phi) is 4.18. The molecule has 1 atom stereocenters. The summed E-state index contributed by atoms with van der Waals surface area (Å²) in [5.74, 6) is -0.156. The summed E-state index contributed by atoms with van der Waals surface area (Å²) >= 11 is 0. The van der Waals surface area contributed by atoms with Crippen molar-refractivity contribution in [3.8, 4) is 5.75 Å². The summed E-state index contributed by atoms with van der Waals surface area (Å²) in [6.07, 6.45) is 0.543. The summed E-state index contributed by atoms with van der Waals surface area (Å²) in [4.78, 5) is 1.82. The van der Waals surface area contributed by atoms with Gasteiger partial charge in [-0.3, -0.25) is 4.90 Å². The van der Waals surface area contributed by atoms with Crippen LogP contribution in [0.25, 0.3) is 11.0 Å². The lowest BCUT2D eigenvalue weighted by Crippen LogP contribution is -2.41. The van der Waals surface area contributed by atoms with Gasteiger partial charge in [0.1, 0.15) is 17.1 Å². The first-order valence-corrected chi connectivity index (χ1v) is 8.97. The zero-order valence-electron chi connectivity index (χ0n) is 14.0. The maximum atomic E-state index is 13.1. The van der Waals surface area contributed by atoms with Crippen LogP contribution in [0, 0.1) is 5.92 Å². The van der Waals surface area contributed by atoms with E-state index in [2.05, 4.69) is 0 Å². The number of phenolic OH excluding ortho intramolecular Hbond substituents is 1. The minimum Gasteiger partial charge on any atom is -0.508 e. The number of halogens is 3. The molecule has 1 aliphatic carbocycles. The molecule has 6 heteroatoms. The van der Waals surface area contributed by atoms with Crippen molar-refractivity contribution >= 4 is 11.0 Å². The molecule has 1 unspecified atom stereocenters. The molecule has 4 rings (SSSR count). The Bertz CT molecular complexity index is 781. The van der Waals surface area contributed by atoms with E-state index in [9.17, 15) is 18.3 Å². The molecule has 0 saturated carbocycles. The summed E-state index contributed by atoms with van der Waals surface area (Å²) in [6.45, 7) is 0.962. The molecule has 0 amide bonds. The monoisotopic (exact) mass is 353 g/mol. The molecule has 136 valence electrons. The Morgan fingerprint density at radius 1 is 1.16 bits per heavy atom. The van der Waals surface area contributed by atoms with Crippen molar-refractivity contribution in [2.45, 2.75) is 51.2 Å². The topological polar surface area (TPSA) is 36.6 Å². The molecule has 1 aromatic heterocycles. The highest BCUT2D eigenvalue weighted by Gasteiger charge is 2.41. The fraction of sp³-hybridized carbons (Fsp3) is 0.579. The highest BCUT2D eigenvalue weighted by atomic mass is 19.4. The molecule has 0 spiro atoms. The second-order valence-electron chi connectivity index (χ2n) is 7.26. The lowest BCUT2D eigenvalue weighted by Gasteiger charge is -2.34. The normalized spacial score (nSPS) is 22.3. The van der Waals surface area contributed by atoms with Crippen LogP contribution in [0.1, 0.15) is 42.6 Å². The van der Waals surface area contributed by atoms with E-state index >= 15 is 0 Å². The molecule has 0 bridgehead atoms. The van der Waals surface area contributed by atoms with Crippen LogP contribution in [0.2, 0.25) is 0 Å². The van der Waals surface area contributed by atoms with Crippen molar-refractivity contribution in [1.29, 1.82) is 0 Å². The third kappa shape index (κ3) is 3.12. The van der Waals surface area contributed by atoms with Crippen LogP contribution in [-0.2, 0) is 19.4 Å². The van der Waals surface area contributed by atoms with Gasteiger partial charge in [0.15, 0.2) is 0 Å². The van der Waals surface area contributed by atoms with Gasteiger partial charge in [0.25, 0.3) is 0 Å². The number of benzene rings is 1. The van der Waals surface area contributed by atoms with Gasteiger partial charge in [0, 0.05) is 36.0 Å². The summed E-state index contributed by atoms with van der Waals surface area (Å²) in [5.41, 5.74) is 2.59. The largest absolute Gasteiger partial charge is 0.508 e. The van der Waals surface area contributed by atoms with Crippen LogP contribution in [0.5, 0.6) is 5.75 Å². The number of aromatic hydroxyl groups is 1. The second-order valence-corrected chi connectivity index (χ2v) is 7.26. The molecule has 1 aromatic carbocycles. The molecule has 1 saturated heterocycles. The van der Waals surface area contributed by atoms with Gasteiger partial charge >= 0.3 is 6.18 Å². The van der Waals surface area contributed by atoms with E-state index in [4.69, 9.17) is 4.42 Å². The molecule has 2 heterocycles. The van der Waals surface area contributed by atoms with Crippen molar-refractivity contribution in [2.24, 2.45) is 5.92 Å². The molecule has 1 fully saturated rings. The zero-order chi connectivity index (χ0) is 17.6. The van der Waals surface area contributed by atoms with E-state index in [1.807, 2.05) is 4.90 Å². The summed E-state index contributed by atoms with van der Waals surface area (Å²) in [5, 5.41) is 11.3. The molecule has 2 aliphatic rings. The van der Waals surface area contributed by atoms with Gasteiger partial charge in [-0.2, -0.15) is 13.2 Å². The van der Waals surface area contributed by atoms with E-state index in [1.54, 1.807) is 12.1 Å². The van der Waals surface area contributed by atoms with Gasteiger partial charge < -0.3 is 9.52 Å². The highest BCUT2D eigenvalue weighted by Crippen LogP contribution is 2.39. The van der Waals surface area contributed by atoms with Crippen LogP contribution in [-0.4, -0.2) is 29.3 Å². The Hall–Kier alpha value is -1.69. The van der Waals surface area contributed by atoms with Crippen LogP contribution < -0.4 is 0 Å². The number of piperidine rings is 1. The molecule has 25 heavy (non-hydrogen) atoms. The summed E-state index contributed by atoms with van der Waals surface area (Å²) < 4.78 is 45.2. The van der Waals surface area contributed by atoms with Gasteiger partial charge in [0.05, 0.1) is 5.92 Å². The molecule has 2 aromatic rings. The zero-order valence-corrected chi connectivity index (χ0v) is 14.0. The van der Waals surface area contributed by atoms with Crippen LogP contribution >= 0.6 is 0 Å². The lowest BCUT2D eigenvalue weighted by molar-refractivity contribution is -0.187. The van der Waals surface area contributed by atoms with Crippen molar-refractivity contribution in [3.63, 3.8) is 0 Å². The molecule has 1 N–H and O–H groups in total. The number of hydrogen-bond donors (Lipinski definition) is 1. The average Bonchev–Trinajstić information content (AvgIpc) is 2.96. The number of aryl methyl sites for hydroxylation is 2. The van der Waals surface area contributed by atoms with Gasteiger partial charge in [-0.05, 0) is 50.8 Å². The lowest BCUT2D eigenvalue weighted by atomic mass is 9.92. The number of alkyl halides is 3. The maximum Gasteiger partial charge on any atom is 0.393 e. The summed E-state index contributed by atoms with van der Waals surface area (Å²) in [7, 11) is 0. The Morgan fingerprint density at radius 3 is 2.76 bits per heavy atom. The predicted molar refractivity (Wildman–Crippen MR) is 88.6 cm³/mol. The second kappa shape index (κ2) is 6.24. The Balaban J connectivity index is 1.67. The van der Waals surface area contributed by atoms with E-state index in [-0.39, 0.29) is 18.7 Å². The van der Waals surface area contributed by atoms with Crippen molar-refractivity contribution < 1.29 is 22.7 Å². The van der Waals surface area contributed by atoms with Crippen molar-refractivity contribution in [1.82, 2.24) is 4.90 Å². The number of furan rings is 1. The van der Waals surface area contributed by atoms with Gasteiger partial charge in [-0.15, -0.1) is 0 Å². The van der Waals surface area contributed by atoms with Gasteiger partial charge in [0.2, 0.25) is 0 Å². The van der Waals surface area contributed by atoms with E-state index in [0.717, 1.165) is 48.0 Å². The van der Waals surface area contributed by atoms with Crippen LogP contribution in [0.15, 0.2) is 16.5 Å². The minimum absolute atomic E-state index is 0.000625. The first kappa shape index (κ1) is 16.8. The fourth-order valence-corrected chi connectivity index (χ4v) is 4.27. The molecular formula is C19H22F3NO2. The standard InChI is InChI=1S/C19H22F3NO2/c20-19(21,22)12-4-3-9-23(10-12)11-14-15(24)7-8-17-18(14)13-5-1-2-6-16(13)25-17/h7-8,12,24H,1-6,9-11H2. The SMILES string of the molecule is Oc1ccc2oc3c(c2c1CN1CCCC(C(F)(F)F)C1)CCCC3. The van der Waals surface area contributed by atoms with Crippen molar-refractivity contribution in [3.05, 3.63) is 29.0 Å². The first-order chi connectivity index (χ1) is 11.9. The number of phenols is 1. The maximum absolute atomic E-state index is 13.1. The van der Waals surface area contributed by atoms with E-state index in [0.29, 0.717) is 25.1 Å². The number of nitrogens with zero attached hydrogens (tertiary/aromatic N) is 1. The third-order valence-corrected chi connectivity index (χ3v) is 5.55. The number of likely N-dealkylation sites (tertiary alicyclic amines) is 1. The van der Waals surface area contributed by atoms with Crippen LogP contribution in [0.4, 0.5) is 13.2 Å². The molecular weight excluding hydrogens is 331 g/mol. The fourth-order valence-electron chi connectivity index (χ4n) is 4.27. The third-order valence-electron chi connectivity index (χ3n) is 5.55. The van der Waals surface area contributed by atoms with E-state index in [1.165, 1.54) is 0 Å². The molecule has 3 nitrogen and oxygen atoms in total. The van der Waals surface area contributed by atoms with Crippen molar-refractivity contribution in [2.75, 3.05) is 13.1 Å². The minimum atomic E-state index is -4.15. The molecule has 1 aliphatic heterocycles. The average molecular weight is 353 g/mol. The van der Waals surface area contributed by atoms with Gasteiger partial charge in [-0.25, -0.2) is 0 Å². The number of hydrogen-bond acceptors (Lipinski definition) is 3. The highest BCUT2D eigenvalue weighted by molar-refractivity contribution is 5.88. The van der Waals surface area contributed by atoms with Crippen LogP contribution in [0.3, 0.4) is 0 Å². The smallest absolute Gasteiger partial charge is 0.393 e. The Labute approximate surface area is 144 Å². The summed E-state index contributed by atoms with van der Waals surface area (Å²) in [6, 6.07) is 3.36. The Morgan fingerprint density at radius 2 is 1.96 bits per heavy atom. The predicted octanol–water partition coefficient (Wildman–Crippen LogP) is 4.79. The molecule has 0 radical (unpaired) electrons. The quantitative estimate of drug-likeness (QED) is 0.843. The first-order valence-electron chi connectivity index (χ1n) is 8.97. The number of fused-ring (bicyclic) bond motifs is 3. The number of rotatable bonds is 2.